The Balaban J connectivity index is 1.71. The van der Waals surface area contributed by atoms with Gasteiger partial charge < -0.3 is 30.1 Å². The molecule has 172 valence electrons. The molecule has 2 aromatic heterocycles. The van der Waals surface area contributed by atoms with E-state index in [0.717, 1.165) is 28.1 Å². The van der Waals surface area contributed by atoms with Crippen LogP contribution in [0.3, 0.4) is 0 Å². The Bertz CT molecular complexity index is 1050. The van der Waals surface area contributed by atoms with Gasteiger partial charge in [0.25, 0.3) is 5.89 Å². The van der Waals surface area contributed by atoms with Crippen molar-refractivity contribution in [3.8, 4) is 27.9 Å². The molecule has 0 aliphatic heterocycles. The summed E-state index contributed by atoms with van der Waals surface area (Å²) >= 11 is 1.62. The summed E-state index contributed by atoms with van der Waals surface area (Å²) in [5, 5.41) is 23.6. The van der Waals surface area contributed by atoms with Crippen molar-refractivity contribution in [1.82, 2.24) is 15.0 Å². The number of aliphatic hydroxyl groups excluding tert-OH is 2. The molecule has 0 fully saturated rings. The van der Waals surface area contributed by atoms with Crippen molar-refractivity contribution in [3.63, 3.8) is 0 Å². The second kappa shape index (κ2) is 10.2. The van der Waals surface area contributed by atoms with Crippen LogP contribution in [-0.2, 0) is 11.3 Å². The first-order chi connectivity index (χ1) is 15.1. The number of hydrogen-bond donors (Lipinski definition) is 3. The quantitative estimate of drug-likeness (QED) is 0.419. The summed E-state index contributed by atoms with van der Waals surface area (Å²) in [6.07, 6.45) is -2.62. The standard InChI is InChI=1S/C22H28N4O5S/c1-12-7-14(8-13(2)19(12)30-11-15(27)9-17(28)20(23)29)21-24-22(31-25-21)18-6-5-16(32-18)10-26(3)4/h5-8,15,17,27-28H,9-11H2,1-4H3,(H2,23,29)/t15-,17?/m0/s1. The topological polar surface area (TPSA) is 135 Å². The molecule has 1 aromatic carbocycles. The molecule has 9 nitrogen and oxygen atoms in total. The molecule has 3 rings (SSSR count). The number of hydrogen-bond acceptors (Lipinski definition) is 9. The number of aromatic nitrogens is 2. The Labute approximate surface area is 190 Å². The minimum Gasteiger partial charge on any atom is -0.490 e. The number of thiophene rings is 1. The predicted molar refractivity (Wildman–Crippen MR) is 121 cm³/mol. The third kappa shape index (κ3) is 5.92. The van der Waals surface area contributed by atoms with Crippen molar-refractivity contribution in [2.45, 2.75) is 39.0 Å². The predicted octanol–water partition coefficient (Wildman–Crippen LogP) is 2.12. The molecule has 0 spiro atoms. The Morgan fingerprint density at radius 1 is 1.25 bits per heavy atom. The third-order valence-corrected chi connectivity index (χ3v) is 5.79. The lowest BCUT2D eigenvalue weighted by Crippen LogP contribution is -2.33. The van der Waals surface area contributed by atoms with E-state index < -0.39 is 18.1 Å². The van der Waals surface area contributed by atoms with Gasteiger partial charge in [-0.15, -0.1) is 11.3 Å². The number of aryl methyl sites for hydroxylation is 2. The van der Waals surface area contributed by atoms with Crippen molar-refractivity contribution < 1.29 is 24.3 Å². The summed E-state index contributed by atoms with van der Waals surface area (Å²) < 4.78 is 11.2. The van der Waals surface area contributed by atoms with Crippen molar-refractivity contribution in [3.05, 3.63) is 40.3 Å². The highest BCUT2D eigenvalue weighted by atomic mass is 32.1. The number of amides is 1. The first-order valence-corrected chi connectivity index (χ1v) is 10.9. The van der Waals surface area contributed by atoms with E-state index in [4.69, 9.17) is 15.0 Å². The van der Waals surface area contributed by atoms with Crippen LogP contribution in [0.5, 0.6) is 5.75 Å². The van der Waals surface area contributed by atoms with Gasteiger partial charge in [0.15, 0.2) is 0 Å². The van der Waals surface area contributed by atoms with Crippen LogP contribution in [-0.4, -0.2) is 64.1 Å². The van der Waals surface area contributed by atoms with Gasteiger partial charge in [-0.2, -0.15) is 4.98 Å². The number of carbonyl (C=O) groups is 1. The summed E-state index contributed by atoms with van der Waals surface area (Å²) in [6, 6.07) is 7.80. The van der Waals surface area contributed by atoms with Gasteiger partial charge >= 0.3 is 0 Å². The molecule has 0 bridgehead atoms. The first kappa shape index (κ1) is 23.9. The summed E-state index contributed by atoms with van der Waals surface area (Å²) in [6.45, 7) is 4.53. The second-order valence-electron chi connectivity index (χ2n) is 7.98. The van der Waals surface area contributed by atoms with Gasteiger partial charge in [-0.1, -0.05) is 5.16 Å². The highest BCUT2D eigenvalue weighted by Gasteiger charge is 2.19. The van der Waals surface area contributed by atoms with Crippen LogP contribution in [0.15, 0.2) is 28.8 Å². The van der Waals surface area contributed by atoms with Crippen molar-refractivity contribution >= 4 is 17.2 Å². The van der Waals surface area contributed by atoms with Gasteiger partial charge in [0.1, 0.15) is 18.5 Å². The molecular weight excluding hydrogens is 432 g/mol. The van der Waals surface area contributed by atoms with Gasteiger partial charge in [0.2, 0.25) is 11.7 Å². The molecule has 0 radical (unpaired) electrons. The molecular formula is C22H28N4O5S. The molecule has 32 heavy (non-hydrogen) atoms. The van der Waals surface area contributed by atoms with Gasteiger partial charge in [-0.25, -0.2) is 0 Å². The largest absolute Gasteiger partial charge is 0.490 e. The highest BCUT2D eigenvalue weighted by Crippen LogP contribution is 2.32. The van der Waals surface area contributed by atoms with E-state index in [1.807, 2.05) is 46.1 Å². The Morgan fingerprint density at radius 3 is 2.56 bits per heavy atom. The average molecular weight is 461 g/mol. The minimum atomic E-state index is -1.41. The SMILES string of the molecule is Cc1cc(-c2noc(-c3ccc(CN(C)C)s3)n2)cc(C)c1OC[C@@H](O)CC(O)C(N)=O. The van der Waals surface area contributed by atoms with Gasteiger partial charge in [-0.3, -0.25) is 4.79 Å². The van der Waals surface area contributed by atoms with Gasteiger partial charge in [0, 0.05) is 23.4 Å². The fourth-order valence-electron chi connectivity index (χ4n) is 3.26. The smallest absolute Gasteiger partial charge is 0.268 e. The van der Waals surface area contributed by atoms with Crippen molar-refractivity contribution in [1.29, 1.82) is 0 Å². The summed E-state index contributed by atoms with van der Waals surface area (Å²) in [5.41, 5.74) is 7.46. The number of aliphatic hydroxyl groups is 2. The molecule has 2 atom stereocenters. The zero-order valence-electron chi connectivity index (χ0n) is 18.5. The summed E-state index contributed by atoms with van der Waals surface area (Å²) in [4.78, 5) is 19.7. The molecule has 0 saturated carbocycles. The fraction of sp³-hybridized carbons (Fsp3) is 0.409. The number of nitrogens with two attached hydrogens (primary N) is 1. The summed E-state index contributed by atoms with van der Waals surface area (Å²) in [7, 11) is 4.04. The van der Waals surface area contributed by atoms with Crippen LogP contribution in [0.25, 0.3) is 22.2 Å². The number of benzene rings is 1. The average Bonchev–Trinajstić information content (AvgIpc) is 3.36. The fourth-order valence-corrected chi connectivity index (χ4v) is 4.31. The molecule has 3 aromatic rings. The van der Waals surface area contributed by atoms with Crippen LogP contribution in [0, 0.1) is 13.8 Å². The molecule has 0 aliphatic carbocycles. The zero-order valence-corrected chi connectivity index (χ0v) is 19.3. The maximum absolute atomic E-state index is 10.9. The Morgan fingerprint density at radius 2 is 1.94 bits per heavy atom. The van der Waals surface area contributed by atoms with Crippen LogP contribution in [0.1, 0.15) is 22.4 Å². The van der Waals surface area contributed by atoms with Crippen LogP contribution in [0.2, 0.25) is 0 Å². The van der Waals surface area contributed by atoms with E-state index in [2.05, 4.69) is 21.1 Å². The second-order valence-corrected chi connectivity index (χ2v) is 9.15. The maximum Gasteiger partial charge on any atom is 0.268 e. The molecule has 4 N–H and O–H groups in total. The lowest BCUT2D eigenvalue weighted by atomic mass is 10.1. The van der Waals surface area contributed by atoms with E-state index in [1.54, 1.807) is 11.3 Å². The maximum atomic E-state index is 10.9. The van der Waals surface area contributed by atoms with Crippen molar-refractivity contribution in [2.75, 3.05) is 20.7 Å². The monoisotopic (exact) mass is 460 g/mol. The van der Waals surface area contributed by atoms with Gasteiger partial charge in [-0.05, 0) is 63.3 Å². The Kier molecular flexibility index (Phi) is 7.62. The molecule has 1 unspecified atom stereocenters. The molecule has 0 saturated heterocycles. The van der Waals surface area contributed by atoms with Gasteiger partial charge in [0.05, 0.1) is 11.0 Å². The normalized spacial score (nSPS) is 13.3. The van der Waals surface area contributed by atoms with E-state index >= 15 is 0 Å². The lowest BCUT2D eigenvalue weighted by Gasteiger charge is -2.17. The molecule has 10 heteroatoms. The van der Waals surface area contributed by atoms with Crippen LogP contribution in [0.4, 0.5) is 0 Å². The van der Waals surface area contributed by atoms with E-state index in [9.17, 15) is 15.0 Å². The highest BCUT2D eigenvalue weighted by molar-refractivity contribution is 7.15. The number of nitrogens with zero attached hydrogens (tertiary/aromatic N) is 3. The number of primary amides is 1. The van der Waals surface area contributed by atoms with E-state index in [-0.39, 0.29) is 13.0 Å². The molecule has 1 amide bonds. The van der Waals surface area contributed by atoms with E-state index in [0.29, 0.717) is 17.5 Å². The van der Waals surface area contributed by atoms with Crippen LogP contribution >= 0.6 is 11.3 Å². The van der Waals surface area contributed by atoms with Crippen LogP contribution < -0.4 is 10.5 Å². The molecule has 2 heterocycles. The Hall–Kier alpha value is -2.79. The number of carbonyl (C=O) groups excluding carboxylic acids is 1. The lowest BCUT2D eigenvalue weighted by molar-refractivity contribution is -0.127. The third-order valence-electron chi connectivity index (χ3n) is 4.73. The zero-order chi connectivity index (χ0) is 23.4. The number of rotatable bonds is 10. The molecule has 0 aliphatic rings. The first-order valence-electron chi connectivity index (χ1n) is 10.1. The van der Waals surface area contributed by atoms with Crippen molar-refractivity contribution in [2.24, 2.45) is 5.73 Å². The summed E-state index contributed by atoms with van der Waals surface area (Å²) in [5.74, 6) is 0.681. The number of ether oxygens (including phenoxy) is 1. The minimum absolute atomic E-state index is 0.0780. The van der Waals surface area contributed by atoms with E-state index in [1.165, 1.54) is 4.88 Å².